The number of hydrogen-bond acceptors (Lipinski definition) is 0. The van der Waals surface area contributed by atoms with Crippen molar-refractivity contribution in [2.75, 3.05) is 0 Å². The monoisotopic (exact) mass is 1300 g/mol. The predicted octanol–water partition coefficient (Wildman–Crippen LogP) is 39.6. The van der Waals surface area contributed by atoms with Crippen LogP contribution in [0.5, 0.6) is 0 Å². The van der Waals surface area contributed by atoms with Crippen LogP contribution >= 0.6 is 0 Å². The average molecular weight is 1310 g/mol. The Labute approximate surface area is 588 Å². The zero-order chi connectivity index (χ0) is 73.9. The van der Waals surface area contributed by atoms with E-state index in [1.165, 1.54) is 89.9 Å². The van der Waals surface area contributed by atoms with E-state index in [4.69, 9.17) is 0 Å². The molecule has 83 heavy (non-hydrogen) atoms. The van der Waals surface area contributed by atoms with Crippen LogP contribution in [0.25, 0.3) is 0 Å². The summed E-state index contributed by atoms with van der Waals surface area (Å²) in [6.07, 6.45) is 17.5. The van der Waals surface area contributed by atoms with Crippen molar-refractivity contribution < 1.29 is 37.1 Å². The molecular formula is C81H229V2-. The van der Waals surface area contributed by atoms with Gasteiger partial charge in [0.15, 0.2) is 0 Å². The van der Waals surface area contributed by atoms with Crippen LogP contribution in [0.1, 0.15) is 533 Å². The van der Waals surface area contributed by atoms with E-state index in [0.29, 0.717) is 0 Å². The van der Waals surface area contributed by atoms with Crippen LogP contribution in [-0.2, 0) is 37.1 Å². The van der Waals surface area contributed by atoms with Crippen molar-refractivity contribution in [3.8, 4) is 0 Å². The summed E-state index contributed by atoms with van der Waals surface area (Å²) in [7, 11) is 0. The van der Waals surface area contributed by atoms with Crippen molar-refractivity contribution in [1.82, 2.24) is 0 Å². The molecule has 0 aromatic heterocycles. The van der Waals surface area contributed by atoms with E-state index in [9.17, 15) is 0 Å². The molecule has 0 aliphatic heterocycles. The number of rotatable bonds is 0. The Morgan fingerprint density at radius 1 is 0.0964 bits per heavy atom. The van der Waals surface area contributed by atoms with Gasteiger partial charge in [-0.25, -0.2) is 0 Å². The topological polar surface area (TPSA) is 0 Å². The third-order valence-electron chi connectivity index (χ3n) is 0. The molecule has 0 atom stereocenters. The van der Waals surface area contributed by atoms with Gasteiger partial charge >= 0.3 is 18.6 Å². The summed E-state index contributed by atoms with van der Waals surface area (Å²) in [6, 6.07) is 0. The van der Waals surface area contributed by atoms with E-state index in [2.05, 4.69) is 194 Å². The Bertz CT molecular complexity index is 66.9. The van der Waals surface area contributed by atoms with Crippen molar-refractivity contribution in [3.05, 3.63) is 22.3 Å². The Morgan fingerprint density at radius 2 is 0.0964 bits per heavy atom. The molecule has 0 heterocycles. The summed E-state index contributed by atoms with van der Waals surface area (Å²) in [4.78, 5) is 0. The Kier molecular flexibility index (Phi) is 7690. The molecule has 0 saturated heterocycles. The maximum atomic E-state index is 2.12. The summed E-state index contributed by atoms with van der Waals surface area (Å²) in [5.41, 5.74) is 0. The molecule has 0 amide bonds. The van der Waals surface area contributed by atoms with Gasteiger partial charge in [-0.2, -0.15) is 0 Å². The first-order chi connectivity index (χ1) is 37.8. The molecule has 0 unspecified atom stereocenters. The van der Waals surface area contributed by atoms with Gasteiger partial charge < -0.3 is 22.3 Å². The van der Waals surface area contributed by atoms with E-state index in [1.54, 1.807) is 0 Å². The summed E-state index contributed by atoms with van der Waals surface area (Å²) in [5.74, 6) is 0. The van der Waals surface area contributed by atoms with E-state index in [0.717, 1.165) is 0 Å². The molecule has 0 rings (SSSR count). The van der Waals surface area contributed by atoms with Crippen LogP contribution in [0.2, 0.25) is 0 Å². The third kappa shape index (κ3) is 401000. The summed E-state index contributed by atoms with van der Waals surface area (Å²) < 4.78 is 0. The van der Waals surface area contributed by atoms with Gasteiger partial charge in [-0.3, -0.25) is 0 Å². The molecular weight excluding hydrogens is 1070 g/mol. The second-order valence-electron chi connectivity index (χ2n) is 9.90. The van der Waals surface area contributed by atoms with Gasteiger partial charge in [-0.05, 0) is 0 Å². The fraction of sp³-hybridized carbons (Fsp3) is 0.963. The smallest absolute Gasteiger partial charge is 0.358 e. The van der Waals surface area contributed by atoms with Crippen LogP contribution in [-0.4, -0.2) is 0 Å². The van der Waals surface area contributed by atoms with Crippen molar-refractivity contribution in [2.24, 2.45) is 0 Å². The first-order valence-corrected chi connectivity index (χ1v) is 37.8. The van der Waals surface area contributed by atoms with Crippen LogP contribution in [0.3, 0.4) is 0 Å². The molecule has 0 aliphatic carbocycles. The fourth-order valence-electron chi connectivity index (χ4n) is 0. The minimum atomic E-state index is 0. The minimum absolute atomic E-state index is 0. The summed E-state index contributed by atoms with van der Waals surface area (Å²) >= 11 is 0. The maximum absolute atomic E-state index is 2.12. The van der Waals surface area contributed by atoms with Gasteiger partial charge in [0.05, 0.1) is 0 Å². The molecule has 0 nitrogen and oxygen atoms in total. The molecule has 0 aromatic rings. The molecule has 564 valence electrons. The first kappa shape index (κ1) is 262. The molecule has 0 fully saturated rings. The van der Waals surface area contributed by atoms with Crippen LogP contribution in [0.15, 0.2) is 0 Å². The normalized spacial score (nSPS) is 4.34. The number of hydrogen-bond donors (Lipinski definition) is 0. The van der Waals surface area contributed by atoms with Crippen LogP contribution < -0.4 is 0 Å². The minimum Gasteiger partial charge on any atom is -0.358 e. The zero-order valence-corrected chi connectivity index (χ0v) is 80.6. The zero-order valence-electron chi connectivity index (χ0n) is 77.8. The largest absolute Gasteiger partial charge is 2.00 e. The maximum Gasteiger partial charge on any atom is 2.00 e. The first-order valence-electron chi connectivity index (χ1n) is 37.8. The Morgan fingerprint density at radius 3 is 0.0964 bits per heavy atom. The second-order valence-corrected chi connectivity index (χ2v) is 9.90. The van der Waals surface area contributed by atoms with Gasteiger partial charge in [0.2, 0.25) is 0 Å². The van der Waals surface area contributed by atoms with Crippen LogP contribution in [0, 0.1) is 22.3 Å². The molecule has 0 saturated carbocycles. The van der Waals surface area contributed by atoms with Gasteiger partial charge in [-0.1, -0.05) is 533 Å². The Hall–Kier alpha value is 1.17. The van der Waals surface area contributed by atoms with E-state index < -0.39 is 0 Å². The second kappa shape index (κ2) is 2440. The molecule has 0 aliphatic rings. The quantitative estimate of drug-likeness (QED) is 0.212. The Balaban J connectivity index is -0.00000000752. The third-order valence-corrected chi connectivity index (χ3v) is 0. The van der Waals surface area contributed by atoms with Gasteiger partial charge in [0.25, 0.3) is 0 Å². The fourth-order valence-corrected chi connectivity index (χ4v) is 0. The van der Waals surface area contributed by atoms with E-state index >= 15 is 0 Å². The molecule has 0 N–H and O–H groups in total. The van der Waals surface area contributed by atoms with Crippen molar-refractivity contribution in [1.29, 1.82) is 0 Å². The van der Waals surface area contributed by atoms with Crippen molar-refractivity contribution >= 4 is 0 Å². The van der Waals surface area contributed by atoms with Gasteiger partial charge in [-0.15, -0.1) is 0 Å². The predicted molar refractivity (Wildman–Crippen MR) is 447 cm³/mol. The molecule has 0 spiro atoms. The van der Waals surface area contributed by atoms with E-state index in [-0.39, 0.29) is 59.4 Å². The standard InChI is InChI=1S/14C3H8.18C2H6.3CH3.2V/c14*1-3-2;18*1-2;;;;;/h14*3H2,1-2H3;18*1-2H3;3*1H3;;/q;;;;;;;;;;;;;;;;;;;;;;;;;;;;;;;;3*-1;;+2. The summed E-state index contributed by atoms with van der Waals surface area (Å²) in [6.45, 7) is 132. The van der Waals surface area contributed by atoms with Crippen molar-refractivity contribution in [3.63, 3.8) is 0 Å². The molecule has 0 aromatic carbocycles. The molecule has 0 bridgehead atoms. The SMILES string of the molecule is CC.CC.CC.CC.CC.CC.CC.CC.CC.CC.CC.CC.CC.CC.CC.CC.CC.CC.CCC.CCC.CCC.CCC.CCC.CCC.CCC.CCC.CCC.CCC.CCC.CCC.CCC.CCC.[CH3-].[CH3-].[CH3-].[V+2].[V]. The molecule has 2 radical (unpaired) electrons. The van der Waals surface area contributed by atoms with Gasteiger partial charge in [0, 0.05) is 18.6 Å². The van der Waals surface area contributed by atoms with Crippen LogP contribution in [0.4, 0.5) is 0 Å². The van der Waals surface area contributed by atoms with E-state index in [1.807, 2.05) is 249 Å². The average Bonchev–Trinajstić information content (AvgIpc) is 3.51. The molecule has 2 heteroatoms. The van der Waals surface area contributed by atoms with Gasteiger partial charge in [0.1, 0.15) is 0 Å². The summed E-state index contributed by atoms with van der Waals surface area (Å²) in [5, 5.41) is 0. The van der Waals surface area contributed by atoms with Crippen molar-refractivity contribution in [2.45, 2.75) is 533 Å².